The van der Waals surface area contributed by atoms with Crippen molar-refractivity contribution in [3.8, 4) is 0 Å². The average molecular weight is 271 g/mol. The first-order valence-electron chi connectivity index (χ1n) is 4.87. The van der Waals surface area contributed by atoms with Crippen LogP contribution in [-0.2, 0) is 0 Å². The lowest BCUT2D eigenvalue weighted by Crippen LogP contribution is -2.02. The zero-order valence-corrected chi connectivity index (χ0v) is 10.9. The van der Waals surface area contributed by atoms with Crippen molar-refractivity contribution in [2.75, 3.05) is 42.4 Å². The second-order valence-electron chi connectivity index (χ2n) is 3.09. The van der Waals surface area contributed by atoms with Crippen molar-refractivity contribution in [3.63, 3.8) is 0 Å². The van der Waals surface area contributed by atoms with Crippen LogP contribution in [0.15, 0.2) is 12.1 Å². The highest BCUT2D eigenvalue weighted by atomic mass is 79.9. The summed E-state index contributed by atoms with van der Waals surface area (Å²) in [6.07, 6.45) is 2.14. The summed E-state index contributed by atoms with van der Waals surface area (Å²) in [6, 6.07) is 4.19. The maximum Gasteiger partial charge on any atom is 0.0415 e. The van der Waals surface area contributed by atoms with Gasteiger partial charge in [-0.1, -0.05) is 15.9 Å². The summed E-state index contributed by atoms with van der Waals surface area (Å²) < 4.78 is 0. The predicted octanol–water partition coefficient (Wildman–Crippen LogP) is 2.76. The van der Waals surface area contributed by atoms with Crippen LogP contribution in [-0.4, -0.2) is 26.5 Å². The Morgan fingerprint density at radius 3 is 1.93 bits per heavy atom. The smallest absolute Gasteiger partial charge is 0.0415 e. The van der Waals surface area contributed by atoms with Gasteiger partial charge in [-0.2, -0.15) is 0 Å². The van der Waals surface area contributed by atoms with E-state index in [2.05, 4.69) is 50.4 Å². The molecule has 0 aliphatic carbocycles. The molecule has 0 amide bonds. The van der Waals surface area contributed by atoms with Gasteiger partial charge in [0.2, 0.25) is 0 Å². The molecule has 4 heteroatoms. The summed E-state index contributed by atoms with van der Waals surface area (Å²) in [5, 5.41) is 10.4. The molecule has 0 aliphatic heterocycles. The van der Waals surface area contributed by atoms with Crippen LogP contribution in [0, 0.1) is 6.42 Å². The third-order valence-corrected chi connectivity index (χ3v) is 2.61. The Bertz CT molecular complexity index is 301. The van der Waals surface area contributed by atoms with Gasteiger partial charge >= 0.3 is 0 Å². The first-order chi connectivity index (χ1) is 7.26. The number of halogens is 1. The van der Waals surface area contributed by atoms with Crippen molar-refractivity contribution in [2.45, 2.75) is 0 Å². The van der Waals surface area contributed by atoms with E-state index in [1.54, 1.807) is 0 Å². The van der Waals surface area contributed by atoms with Crippen LogP contribution in [0.3, 0.4) is 0 Å². The molecule has 0 saturated carbocycles. The Morgan fingerprint density at radius 2 is 1.60 bits per heavy atom. The summed E-state index contributed by atoms with van der Waals surface area (Å²) in [6.45, 7) is 0. The fourth-order valence-electron chi connectivity index (χ4n) is 1.51. The molecule has 1 aromatic rings. The van der Waals surface area contributed by atoms with Gasteiger partial charge in [0.15, 0.2) is 0 Å². The molecule has 0 atom stereocenters. The van der Waals surface area contributed by atoms with E-state index in [1.807, 2.05) is 21.1 Å². The summed E-state index contributed by atoms with van der Waals surface area (Å²) in [5.41, 5.74) is 4.52. The Morgan fingerprint density at radius 1 is 1.07 bits per heavy atom. The summed E-state index contributed by atoms with van der Waals surface area (Å²) in [4.78, 5) is 0. The number of benzene rings is 1. The Hall–Kier alpha value is -0.900. The third-order valence-electron chi connectivity index (χ3n) is 2.29. The van der Waals surface area contributed by atoms with Gasteiger partial charge in [-0.25, -0.2) is 0 Å². The molecule has 0 bridgehead atoms. The fraction of sp³-hybridized carbons (Fsp3) is 0.364. The van der Waals surface area contributed by atoms with Crippen LogP contribution in [0.1, 0.15) is 5.56 Å². The molecule has 0 saturated heterocycles. The highest BCUT2D eigenvalue weighted by molar-refractivity contribution is 9.09. The third kappa shape index (κ3) is 2.78. The maximum absolute atomic E-state index is 3.42. The second kappa shape index (κ2) is 5.85. The van der Waals surface area contributed by atoms with Crippen molar-refractivity contribution in [1.29, 1.82) is 0 Å². The van der Waals surface area contributed by atoms with Crippen LogP contribution < -0.4 is 16.0 Å². The zero-order valence-electron chi connectivity index (χ0n) is 9.32. The number of anilines is 3. The van der Waals surface area contributed by atoms with E-state index in [4.69, 9.17) is 0 Å². The SMILES string of the molecule is CNc1cc(NC)c([CH]CBr)c(NC)c1. The van der Waals surface area contributed by atoms with Gasteiger partial charge in [0.25, 0.3) is 0 Å². The molecule has 83 valence electrons. The standard InChI is InChI=1S/C11H17BrN3/c1-13-8-6-10(14-2)9(4-5-12)11(7-8)15-3/h4,6-7,13-15H,5H2,1-3H3. The Kier molecular flexibility index (Phi) is 4.75. The van der Waals surface area contributed by atoms with E-state index >= 15 is 0 Å². The molecule has 3 nitrogen and oxygen atoms in total. The first kappa shape index (κ1) is 12.2. The van der Waals surface area contributed by atoms with Crippen LogP contribution in [0.2, 0.25) is 0 Å². The van der Waals surface area contributed by atoms with E-state index in [0.29, 0.717) is 0 Å². The minimum Gasteiger partial charge on any atom is -0.388 e. The van der Waals surface area contributed by atoms with Gasteiger partial charge in [-0.05, 0) is 12.1 Å². The maximum atomic E-state index is 3.42. The zero-order chi connectivity index (χ0) is 11.3. The quantitative estimate of drug-likeness (QED) is 0.721. The van der Waals surface area contributed by atoms with Crippen LogP contribution in [0.4, 0.5) is 17.1 Å². The van der Waals surface area contributed by atoms with Crippen molar-refractivity contribution in [3.05, 3.63) is 24.1 Å². The van der Waals surface area contributed by atoms with Crippen LogP contribution >= 0.6 is 15.9 Å². The monoisotopic (exact) mass is 270 g/mol. The lowest BCUT2D eigenvalue weighted by molar-refractivity contribution is 1.36. The molecular weight excluding hydrogens is 254 g/mol. The highest BCUT2D eigenvalue weighted by Crippen LogP contribution is 2.30. The lowest BCUT2D eigenvalue weighted by Gasteiger charge is -2.15. The molecule has 0 unspecified atom stereocenters. The number of hydrogen-bond donors (Lipinski definition) is 3. The Labute approximate surface area is 99.8 Å². The van der Waals surface area contributed by atoms with Crippen LogP contribution in [0.5, 0.6) is 0 Å². The Balaban J connectivity index is 3.19. The van der Waals surface area contributed by atoms with Gasteiger partial charge in [0, 0.05) is 55.5 Å². The second-order valence-corrected chi connectivity index (χ2v) is 3.74. The number of nitrogens with one attached hydrogen (secondary N) is 3. The van der Waals surface area contributed by atoms with Crippen molar-refractivity contribution < 1.29 is 0 Å². The van der Waals surface area contributed by atoms with E-state index in [9.17, 15) is 0 Å². The molecule has 0 fully saturated rings. The summed E-state index contributed by atoms with van der Waals surface area (Å²) >= 11 is 3.42. The highest BCUT2D eigenvalue weighted by Gasteiger charge is 2.08. The average Bonchev–Trinajstić information content (AvgIpc) is 2.29. The molecule has 1 aromatic carbocycles. The molecule has 0 aromatic heterocycles. The molecule has 0 spiro atoms. The predicted molar refractivity (Wildman–Crippen MR) is 72.3 cm³/mol. The summed E-state index contributed by atoms with van der Waals surface area (Å²) in [7, 11) is 5.78. The van der Waals surface area contributed by atoms with Gasteiger partial charge in [0.1, 0.15) is 0 Å². The van der Waals surface area contributed by atoms with E-state index in [1.165, 1.54) is 5.56 Å². The van der Waals surface area contributed by atoms with E-state index < -0.39 is 0 Å². The number of rotatable bonds is 5. The topological polar surface area (TPSA) is 36.1 Å². The first-order valence-corrected chi connectivity index (χ1v) is 5.99. The van der Waals surface area contributed by atoms with E-state index in [0.717, 1.165) is 22.4 Å². The van der Waals surface area contributed by atoms with Gasteiger partial charge in [-0.15, -0.1) is 0 Å². The van der Waals surface area contributed by atoms with E-state index in [-0.39, 0.29) is 0 Å². The summed E-state index contributed by atoms with van der Waals surface area (Å²) in [5.74, 6) is 0. The molecule has 0 aliphatic rings. The van der Waals surface area contributed by atoms with Gasteiger partial charge in [-0.3, -0.25) is 0 Å². The van der Waals surface area contributed by atoms with Crippen molar-refractivity contribution >= 4 is 33.0 Å². The van der Waals surface area contributed by atoms with Gasteiger partial charge in [0.05, 0.1) is 0 Å². The molecular formula is C11H17BrN3. The van der Waals surface area contributed by atoms with Crippen molar-refractivity contribution in [2.24, 2.45) is 0 Å². The van der Waals surface area contributed by atoms with Gasteiger partial charge < -0.3 is 16.0 Å². The van der Waals surface area contributed by atoms with Crippen molar-refractivity contribution in [1.82, 2.24) is 0 Å². The normalized spacial score (nSPS) is 9.87. The molecule has 0 heterocycles. The molecule has 1 rings (SSSR count). The largest absolute Gasteiger partial charge is 0.388 e. The van der Waals surface area contributed by atoms with Crippen LogP contribution in [0.25, 0.3) is 0 Å². The minimum absolute atomic E-state index is 0.843. The molecule has 3 N–H and O–H groups in total. The lowest BCUT2D eigenvalue weighted by atomic mass is 10.1. The minimum atomic E-state index is 0.843. The molecule has 15 heavy (non-hydrogen) atoms. The number of alkyl halides is 1. The molecule has 1 radical (unpaired) electrons. The number of hydrogen-bond acceptors (Lipinski definition) is 3. The fourth-order valence-corrected chi connectivity index (χ4v) is 1.83.